The number of non-ortho nitro benzene ring substituents is 1. The summed E-state index contributed by atoms with van der Waals surface area (Å²) in [5.41, 5.74) is 5.48. The lowest BCUT2D eigenvalue weighted by Crippen LogP contribution is -2.23. The Labute approximate surface area is 218 Å². The predicted octanol–water partition coefficient (Wildman–Crippen LogP) is 4.32. The molecule has 2 aromatic carbocycles. The number of hydrogen-bond acceptors (Lipinski definition) is 8. The summed E-state index contributed by atoms with van der Waals surface area (Å²) in [6, 6.07) is 12.3. The molecule has 196 valence electrons. The second-order valence-corrected chi connectivity index (χ2v) is 8.62. The smallest absolute Gasteiger partial charge is 0.340 e. The van der Waals surface area contributed by atoms with Crippen LogP contribution in [0.1, 0.15) is 63.1 Å². The largest absolute Gasteiger partial charge is 0.462 e. The van der Waals surface area contributed by atoms with Crippen LogP contribution in [0.15, 0.2) is 58.0 Å². The molecular formula is C27H26N4O7. The number of nitro groups is 1. The normalized spacial score (nSPS) is 13.5. The summed E-state index contributed by atoms with van der Waals surface area (Å²) in [5.74, 6) is -0.748. The molecule has 0 atom stereocenters. The van der Waals surface area contributed by atoms with Gasteiger partial charge in [0.25, 0.3) is 11.6 Å². The summed E-state index contributed by atoms with van der Waals surface area (Å²) >= 11 is 0. The summed E-state index contributed by atoms with van der Waals surface area (Å²) in [6.45, 7) is 3.65. The maximum Gasteiger partial charge on any atom is 0.340 e. The van der Waals surface area contributed by atoms with Gasteiger partial charge in [0.2, 0.25) is 5.91 Å². The highest BCUT2D eigenvalue weighted by molar-refractivity contribution is 6.11. The number of anilines is 1. The minimum absolute atomic E-state index is 0.000465. The molecule has 38 heavy (non-hydrogen) atoms. The molecule has 0 spiro atoms. The number of aryl methyl sites for hydroxylation is 1. The second-order valence-electron chi connectivity index (χ2n) is 8.62. The van der Waals surface area contributed by atoms with Crippen LogP contribution in [0.2, 0.25) is 0 Å². The fourth-order valence-corrected chi connectivity index (χ4v) is 4.24. The third kappa shape index (κ3) is 5.77. The lowest BCUT2D eigenvalue weighted by molar-refractivity contribution is -0.384. The molecule has 1 aliphatic carbocycles. The van der Waals surface area contributed by atoms with Crippen LogP contribution in [-0.4, -0.2) is 35.0 Å². The molecule has 0 radical (unpaired) electrons. The molecule has 0 aliphatic heterocycles. The topological polar surface area (TPSA) is 153 Å². The number of nitro benzene ring substituents is 1. The average Bonchev–Trinajstić information content (AvgIpc) is 3.25. The Morgan fingerprint density at radius 1 is 1.11 bits per heavy atom. The molecule has 0 fully saturated rings. The molecule has 1 aromatic heterocycles. The van der Waals surface area contributed by atoms with Gasteiger partial charge in [-0.2, -0.15) is 5.10 Å². The number of benzene rings is 2. The summed E-state index contributed by atoms with van der Waals surface area (Å²) in [5, 5.41) is 17.8. The van der Waals surface area contributed by atoms with Crippen molar-refractivity contribution in [3.8, 4) is 0 Å². The number of para-hydroxylation sites is 1. The number of hydrazone groups is 1. The molecule has 1 aliphatic rings. The average molecular weight is 519 g/mol. The number of esters is 1. The molecule has 11 heteroatoms. The van der Waals surface area contributed by atoms with Crippen molar-refractivity contribution in [1.29, 1.82) is 0 Å². The summed E-state index contributed by atoms with van der Waals surface area (Å²) < 4.78 is 11.0. The maximum atomic E-state index is 13.1. The maximum absolute atomic E-state index is 13.1. The molecule has 1 heterocycles. The van der Waals surface area contributed by atoms with Crippen molar-refractivity contribution >= 4 is 34.9 Å². The van der Waals surface area contributed by atoms with E-state index < -0.39 is 16.8 Å². The molecule has 0 unspecified atom stereocenters. The number of carbonyl (C=O) groups excluding carboxylic acids is 3. The van der Waals surface area contributed by atoms with Gasteiger partial charge in [-0.3, -0.25) is 19.7 Å². The lowest BCUT2D eigenvalue weighted by Gasteiger charge is -2.13. The number of hydrogen-bond donors (Lipinski definition) is 2. The summed E-state index contributed by atoms with van der Waals surface area (Å²) in [6.07, 6.45) is 1.92. The van der Waals surface area contributed by atoms with Crippen molar-refractivity contribution < 1.29 is 28.5 Å². The number of amides is 2. The van der Waals surface area contributed by atoms with E-state index in [4.69, 9.17) is 9.15 Å². The molecule has 2 amide bonds. The van der Waals surface area contributed by atoms with Gasteiger partial charge < -0.3 is 14.5 Å². The second kappa shape index (κ2) is 11.5. The molecule has 3 aromatic rings. The molecule has 0 saturated heterocycles. The first kappa shape index (κ1) is 26.3. The number of ether oxygens (including phenoxy) is 1. The van der Waals surface area contributed by atoms with Crippen molar-refractivity contribution in [3.63, 3.8) is 0 Å². The SMILES string of the molecule is CCOC(=O)c1ccccc1NC(=O)c1oc2c(c1C)/C(=N/NC(=O)Cc1ccc([N+](=O)[O-])cc1)CCC2. The van der Waals surface area contributed by atoms with Gasteiger partial charge in [0.05, 0.1) is 34.9 Å². The van der Waals surface area contributed by atoms with Crippen molar-refractivity contribution in [2.75, 3.05) is 11.9 Å². The predicted molar refractivity (Wildman–Crippen MR) is 138 cm³/mol. The van der Waals surface area contributed by atoms with E-state index in [1.807, 2.05) is 0 Å². The van der Waals surface area contributed by atoms with Crippen molar-refractivity contribution in [2.45, 2.75) is 39.5 Å². The van der Waals surface area contributed by atoms with Crippen molar-refractivity contribution in [1.82, 2.24) is 5.43 Å². The zero-order valence-corrected chi connectivity index (χ0v) is 20.9. The Bertz CT molecular complexity index is 1420. The van der Waals surface area contributed by atoms with Crippen LogP contribution in [0.25, 0.3) is 0 Å². The number of nitrogens with zero attached hydrogens (tertiary/aromatic N) is 2. The molecular weight excluding hydrogens is 492 g/mol. The summed E-state index contributed by atoms with van der Waals surface area (Å²) in [7, 11) is 0. The van der Waals surface area contributed by atoms with E-state index in [1.165, 1.54) is 24.3 Å². The first-order chi connectivity index (χ1) is 18.3. The van der Waals surface area contributed by atoms with Crippen LogP contribution in [0.3, 0.4) is 0 Å². The molecule has 4 rings (SSSR count). The standard InChI is InChI=1S/C27H26N4O7/c1-3-37-27(34)19-7-4-5-8-20(19)28-26(33)25-16(2)24-21(9-6-10-22(24)38-25)29-30-23(32)15-17-11-13-18(14-12-17)31(35)36/h4-5,7-8,11-14H,3,6,9-10,15H2,1-2H3,(H,28,33)(H,30,32)/b29-21+. The Morgan fingerprint density at radius 2 is 1.84 bits per heavy atom. The Kier molecular flexibility index (Phi) is 7.95. The monoisotopic (exact) mass is 518 g/mol. The van der Waals surface area contributed by atoms with E-state index in [2.05, 4.69) is 15.8 Å². The first-order valence-electron chi connectivity index (χ1n) is 12.1. The third-order valence-electron chi connectivity index (χ3n) is 6.03. The lowest BCUT2D eigenvalue weighted by atomic mass is 9.93. The highest BCUT2D eigenvalue weighted by atomic mass is 16.6. The van der Waals surface area contributed by atoms with E-state index in [1.54, 1.807) is 38.1 Å². The minimum atomic E-state index is -0.544. The van der Waals surface area contributed by atoms with Gasteiger partial charge >= 0.3 is 5.97 Å². The Morgan fingerprint density at radius 3 is 2.55 bits per heavy atom. The van der Waals surface area contributed by atoms with Crippen LogP contribution < -0.4 is 10.7 Å². The Hall–Kier alpha value is -4.80. The van der Waals surface area contributed by atoms with Gasteiger partial charge in [-0.05, 0) is 44.4 Å². The van der Waals surface area contributed by atoms with E-state index in [-0.39, 0.29) is 35.9 Å². The zero-order chi connectivity index (χ0) is 27.2. The van der Waals surface area contributed by atoms with Crippen LogP contribution in [0.4, 0.5) is 11.4 Å². The number of rotatable bonds is 8. The van der Waals surface area contributed by atoms with E-state index in [0.29, 0.717) is 46.7 Å². The fraction of sp³-hybridized carbons (Fsp3) is 0.259. The number of fused-ring (bicyclic) bond motifs is 1. The quantitative estimate of drug-likeness (QED) is 0.256. The van der Waals surface area contributed by atoms with E-state index in [0.717, 1.165) is 6.42 Å². The van der Waals surface area contributed by atoms with Gasteiger partial charge in [-0.15, -0.1) is 0 Å². The van der Waals surface area contributed by atoms with E-state index in [9.17, 15) is 24.5 Å². The van der Waals surface area contributed by atoms with Gasteiger partial charge in [-0.25, -0.2) is 10.2 Å². The highest BCUT2D eigenvalue weighted by Crippen LogP contribution is 2.30. The molecule has 0 bridgehead atoms. The molecule has 11 nitrogen and oxygen atoms in total. The van der Waals surface area contributed by atoms with Crippen LogP contribution >= 0.6 is 0 Å². The van der Waals surface area contributed by atoms with Crippen molar-refractivity contribution in [2.24, 2.45) is 5.10 Å². The third-order valence-corrected chi connectivity index (χ3v) is 6.03. The molecule has 0 saturated carbocycles. The molecule has 2 N–H and O–H groups in total. The highest BCUT2D eigenvalue weighted by Gasteiger charge is 2.28. The van der Waals surface area contributed by atoms with Gasteiger partial charge in [-0.1, -0.05) is 24.3 Å². The van der Waals surface area contributed by atoms with Crippen LogP contribution in [-0.2, 0) is 22.4 Å². The Balaban J connectivity index is 1.49. The number of carbonyl (C=O) groups is 3. The first-order valence-corrected chi connectivity index (χ1v) is 12.1. The van der Waals surface area contributed by atoms with E-state index >= 15 is 0 Å². The van der Waals surface area contributed by atoms with Crippen molar-refractivity contribution in [3.05, 3.63) is 92.4 Å². The number of nitrogens with one attached hydrogen (secondary N) is 2. The van der Waals surface area contributed by atoms with Gasteiger partial charge in [0.15, 0.2) is 5.76 Å². The summed E-state index contributed by atoms with van der Waals surface area (Å²) in [4.78, 5) is 48.1. The van der Waals surface area contributed by atoms with Gasteiger partial charge in [0.1, 0.15) is 5.76 Å². The fourth-order valence-electron chi connectivity index (χ4n) is 4.24. The van der Waals surface area contributed by atoms with Gasteiger partial charge in [0, 0.05) is 29.7 Å². The minimum Gasteiger partial charge on any atom is -0.462 e. The zero-order valence-electron chi connectivity index (χ0n) is 20.9. The van der Waals surface area contributed by atoms with Crippen LogP contribution in [0, 0.1) is 17.0 Å². The number of furan rings is 1. The van der Waals surface area contributed by atoms with Crippen LogP contribution in [0.5, 0.6) is 0 Å².